The van der Waals surface area contributed by atoms with Gasteiger partial charge in [0.15, 0.2) is 12.3 Å². The SMILES string of the molecule is CCCOC[C@H]1O[C@@H](n2ccc(N)nc2=O)[C@H](O)[C@@H]1O[P+](=O)O. The molecule has 11 heteroatoms. The Morgan fingerprint density at radius 3 is 2.91 bits per heavy atom. The molecule has 0 bridgehead atoms. The van der Waals surface area contributed by atoms with Crippen molar-refractivity contribution in [3.8, 4) is 0 Å². The van der Waals surface area contributed by atoms with E-state index in [0.717, 1.165) is 11.0 Å². The zero-order valence-electron chi connectivity index (χ0n) is 12.4. The second kappa shape index (κ2) is 7.91. The van der Waals surface area contributed by atoms with E-state index in [2.05, 4.69) is 4.98 Å². The van der Waals surface area contributed by atoms with Gasteiger partial charge in [-0.25, -0.2) is 4.79 Å². The van der Waals surface area contributed by atoms with E-state index in [0.29, 0.717) is 6.61 Å². The van der Waals surface area contributed by atoms with Gasteiger partial charge in [-0.2, -0.15) is 4.98 Å². The van der Waals surface area contributed by atoms with Crippen LogP contribution in [-0.2, 0) is 18.6 Å². The Kier molecular flexibility index (Phi) is 6.17. The second-order valence-corrected chi connectivity index (χ2v) is 5.67. The normalized spacial score (nSPS) is 28.0. The standard InChI is InChI=1S/C12H18N3O7P/c1-2-5-20-6-7-10(22-23(18)19)9(16)11(21-7)15-4-3-8(13)14-12(15)17/h3-4,7,9-11,16H,2,5-6H2,1H3,(H2-,13,14,17,18,19)/p+1/t7-,9-,10-,11-/m1/s1. The summed E-state index contributed by atoms with van der Waals surface area (Å²) in [5.41, 5.74) is 4.71. The van der Waals surface area contributed by atoms with Crippen molar-refractivity contribution < 1.29 is 28.6 Å². The van der Waals surface area contributed by atoms with Gasteiger partial charge < -0.3 is 20.3 Å². The maximum Gasteiger partial charge on any atom is 0.695 e. The highest BCUT2D eigenvalue weighted by Crippen LogP contribution is 2.35. The van der Waals surface area contributed by atoms with Gasteiger partial charge in [-0.3, -0.25) is 4.57 Å². The summed E-state index contributed by atoms with van der Waals surface area (Å²) in [5, 5.41) is 10.3. The minimum absolute atomic E-state index is 0.0350. The molecule has 1 saturated heterocycles. The Hall–Kier alpha value is -1.42. The van der Waals surface area contributed by atoms with E-state index < -0.39 is 38.5 Å². The smallest absolute Gasteiger partial charge is 0.385 e. The maximum absolute atomic E-state index is 11.9. The van der Waals surface area contributed by atoms with Gasteiger partial charge in [0.05, 0.1) is 6.61 Å². The van der Waals surface area contributed by atoms with E-state index in [1.807, 2.05) is 6.92 Å². The number of anilines is 1. The highest BCUT2D eigenvalue weighted by molar-refractivity contribution is 7.32. The molecule has 1 aromatic heterocycles. The molecular weight excluding hydrogens is 329 g/mol. The molecule has 0 aromatic carbocycles. The zero-order valence-corrected chi connectivity index (χ0v) is 13.3. The molecule has 0 spiro atoms. The molecular formula is C12H19N3O7P+. The van der Waals surface area contributed by atoms with Crippen LogP contribution in [0.3, 0.4) is 0 Å². The van der Waals surface area contributed by atoms with Crippen molar-refractivity contribution in [2.75, 3.05) is 18.9 Å². The molecule has 0 aliphatic carbocycles. The fourth-order valence-electron chi connectivity index (χ4n) is 2.28. The largest absolute Gasteiger partial charge is 0.695 e. The Morgan fingerprint density at radius 1 is 1.57 bits per heavy atom. The van der Waals surface area contributed by atoms with Crippen molar-refractivity contribution in [1.82, 2.24) is 9.55 Å². The first-order valence-electron chi connectivity index (χ1n) is 7.03. The summed E-state index contributed by atoms with van der Waals surface area (Å²) in [6, 6.07) is 1.38. The van der Waals surface area contributed by atoms with Gasteiger partial charge in [-0.15, -0.1) is 9.42 Å². The monoisotopic (exact) mass is 348 g/mol. The number of aliphatic hydroxyl groups excluding tert-OH is 1. The third-order valence-corrected chi connectivity index (χ3v) is 3.70. The number of nitrogens with two attached hydrogens (primary N) is 1. The van der Waals surface area contributed by atoms with E-state index in [1.165, 1.54) is 12.3 Å². The van der Waals surface area contributed by atoms with Crippen molar-refractivity contribution in [3.05, 3.63) is 22.7 Å². The lowest BCUT2D eigenvalue weighted by atomic mass is 10.1. The van der Waals surface area contributed by atoms with E-state index in [4.69, 9.17) is 24.6 Å². The number of nitrogens with zero attached hydrogens (tertiary/aromatic N) is 2. The van der Waals surface area contributed by atoms with Crippen LogP contribution in [0.2, 0.25) is 0 Å². The lowest BCUT2D eigenvalue weighted by Gasteiger charge is -2.16. The predicted octanol–water partition coefficient (Wildman–Crippen LogP) is -0.455. The fraction of sp³-hybridized carbons (Fsp3) is 0.667. The molecule has 4 N–H and O–H groups in total. The summed E-state index contributed by atoms with van der Waals surface area (Å²) in [6.45, 7) is 2.43. The van der Waals surface area contributed by atoms with Crippen LogP contribution in [0.1, 0.15) is 19.6 Å². The zero-order chi connectivity index (χ0) is 17.0. The second-order valence-electron chi connectivity index (χ2n) is 4.98. The van der Waals surface area contributed by atoms with Gasteiger partial charge in [0.2, 0.25) is 0 Å². The first-order chi connectivity index (χ1) is 10.9. The molecule has 2 heterocycles. The number of rotatable bonds is 7. The van der Waals surface area contributed by atoms with Crippen molar-refractivity contribution in [1.29, 1.82) is 0 Å². The highest BCUT2D eigenvalue weighted by Gasteiger charge is 2.50. The Labute approximate surface area is 132 Å². The topological polar surface area (TPSA) is 146 Å². The molecule has 23 heavy (non-hydrogen) atoms. The average Bonchev–Trinajstić information content (AvgIpc) is 2.76. The Morgan fingerprint density at radius 2 is 2.30 bits per heavy atom. The summed E-state index contributed by atoms with van der Waals surface area (Å²) in [5.74, 6) is 0.0350. The number of ether oxygens (including phenoxy) is 2. The molecule has 1 aliphatic rings. The first-order valence-corrected chi connectivity index (χ1v) is 8.16. The number of hydrogen-bond donors (Lipinski definition) is 3. The Balaban J connectivity index is 2.21. The molecule has 5 atom stereocenters. The minimum Gasteiger partial charge on any atom is -0.385 e. The third-order valence-electron chi connectivity index (χ3n) is 3.28. The molecule has 0 amide bonds. The van der Waals surface area contributed by atoms with Crippen LogP contribution in [0.5, 0.6) is 0 Å². The Bertz CT molecular complexity index is 611. The van der Waals surface area contributed by atoms with Gasteiger partial charge in [-0.05, 0) is 12.5 Å². The van der Waals surface area contributed by atoms with Crippen molar-refractivity contribution in [2.24, 2.45) is 0 Å². The van der Waals surface area contributed by atoms with Crippen molar-refractivity contribution in [2.45, 2.75) is 37.9 Å². The van der Waals surface area contributed by atoms with Gasteiger partial charge in [0, 0.05) is 17.4 Å². The number of hydrogen-bond acceptors (Lipinski definition) is 8. The summed E-state index contributed by atoms with van der Waals surface area (Å²) >= 11 is 0. The van der Waals surface area contributed by atoms with Gasteiger partial charge in [-0.1, -0.05) is 6.92 Å². The van der Waals surface area contributed by atoms with Crippen LogP contribution in [-0.4, -0.2) is 51.1 Å². The summed E-state index contributed by atoms with van der Waals surface area (Å²) in [4.78, 5) is 24.4. The number of aromatic nitrogens is 2. The summed E-state index contributed by atoms with van der Waals surface area (Å²) < 4.78 is 27.8. The molecule has 2 rings (SSSR count). The van der Waals surface area contributed by atoms with Crippen LogP contribution in [0.25, 0.3) is 0 Å². The molecule has 1 aromatic rings. The van der Waals surface area contributed by atoms with Crippen LogP contribution < -0.4 is 11.4 Å². The molecule has 0 radical (unpaired) electrons. The molecule has 128 valence electrons. The van der Waals surface area contributed by atoms with Crippen molar-refractivity contribution >= 4 is 14.1 Å². The first kappa shape index (κ1) is 17.9. The molecule has 1 unspecified atom stereocenters. The average molecular weight is 348 g/mol. The fourth-order valence-corrected chi connectivity index (χ4v) is 2.75. The molecule has 10 nitrogen and oxygen atoms in total. The van der Waals surface area contributed by atoms with Crippen LogP contribution in [0.4, 0.5) is 5.82 Å². The van der Waals surface area contributed by atoms with E-state index in [-0.39, 0.29) is 12.4 Å². The van der Waals surface area contributed by atoms with Gasteiger partial charge in [0.25, 0.3) is 0 Å². The molecule has 1 fully saturated rings. The molecule has 0 saturated carbocycles. The number of aliphatic hydroxyl groups is 1. The van der Waals surface area contributed by atoms with E-state index in [9.17, 15) is 14.5 Å². The highest BCUT2D eigenvalue weighted by atomic mass is 31.1. The quantitative estimate of drug-likeness (QED) is 0.440. The van der Waals surface area contributed by atoms with Gasteiger partial charge in [0.1, 0.15) is 18.0 Å². The lowest BCUT2D eigenvalue weighted by Crippen LogP contribution is -2.37. The lowest BCUT2D eigenvalue weighted by molar-refractivity contribution is -0.0670. The van der Waals surface area contributed by atoms with Crippen molar-refractivity contribution in [3.63, 3.8) is 0 Å². The van der Waals surface area contributed by atoms with E-state index >= 15 is 0 Å². The predicted molar refractivity (Wildman–Crippen MR) is 78.6 cm³/mol. The summed E-state index contributed by atoms with van der Waals surface area (Å²) in [6.07, 6.45) is -2.29. The van der Waals surface area contributed by atoms with Crippen LogP contribution >= 0.6 is 8.25 Å². The van der Waals surface area contributed by atoms with Crippen LogP contribution in [0.15, 0.2) is 17.1 Å². The number of nitrogen functional groups attached to an aromatic ring is 1. The third kappa shape index (κ3) is 4.31. The maximum atomic E-state index is 11.9. The minimum atomic E-state index is -2.95. The van der Waals surface area contributed by atoms with Crippen LogP contribution in [0, 0.1) is 0 Å². The molecule has 1 aliphatic heterocycles. The van der Waals surface area contributed by atoms with E-state index in [1.54, 1.807) is 0 Å². The summed E-state index contributed by atoms with van der Waals surface area (Å²) in [7, 11) is -2.95. The van der Waals surface area contributed by atoms with Gasteiger partial charge >= 0.3 is 13.9 Å².